The monoisotopic (exact) mass is 238 g/mol. The number of hydrogen-bond acceptors (Lipinski definition) is 3. The average Bonchev–Trinajstić information content (AvgIpc) is 2.79. The van der Waals surface area contributed by atoms with Crippen LogP contribution in [0.3, 0.4) is 0 Å². The smallest absolute Gasteiger partial charge is 0.319 e. The van der Waals surface area contributed by atoms with E-state index in [4.69, 9.17) is 4.74 Å². The van der Waals surface area contributed by atoms with Crippen LogP contribution in [0.4, 0.5) is 10.5 Å². The van der Waals surface area contributed by atoms with Crippen molar-refractivity contribution < 1.29 is 9.53 Å². The largest absolute Gasteiger partial charge is 0.381 e. The quantitative estimate of drug-likeness (QED) is 0.835. The van der Waals surface area contributed by atoms with Crippen molar-refractivity contribution in [1.29, 1.82) is 0 Å². The van der Waals surface area contributed by atoms with Crippen LogP contribution in [0.2, 0.25) is 0 Å². The van der Waals surface area contributed by atoms with E-state index >= 15 is 0 Å². The predicted octanol–water partition coefficient (Wildman–Crippen LogP) is 1.38. The van der Waals surface area contributed by atoms with Gasteiger partial charge in [0.2, 0.25) is 0 Å². The molecule has 0 spiro atoms. The molecule has 1 aliphatic heterocycles. The second kappa shape index (κ2) is 5.67. The van der Waals surface area contributed by atoms with Crippen LogP contribution in [0.5, 0.6) is 0 Å². The molecule has 94 valence electrons. The summed E-state index contributed by atoms with van der Waals surface area (Å²) in [7, 11) is 0. The molecule has 0 bridgehead atoms. The zero-order valence-corrected chi connectivity index (χ0v) is 9.98. The molecule has 2 rings (SSSR count). The van der Waals surface area contributed by atoms with E-state index in [1.165, 1.54) is 0 Å². The van der Waals surface area contributed by atoms with Gasteiger partial charge in [-0.1, -0.05) is 0 Å². The molecule has 2 amide bonds. The van der Waals surface area contributed by atoms with Crippen molar-refractivity contribution in [2.24, 2.45) is 0 Å². The van der Waals surface area contributed by atoms with Crippen molar-refractivity contribution in [2.45, 2.75) is 25.8 Å². The summed E-state index contributed by atoms with van der Waals surface area (Å²) in [4.78, 5) is 11.3. The Kier molecular flexibility index (Phi) is 3.98. The lowest BCUT2D eigenvalue weighted by molar-refractivity contribution is 0.0662. The molecule has 0 radical (unpaired) electrons. The molecule has 1 saturated heterocycles. The standard InChI is InChI=1S/C11H18N4O2/c1-2-12-11(16)14-9-7-13-15(8-9)10-3-5-17-6-4-10/h7-8,10H,2-6H2,1H3,(H2,12,14,16). The van der Waals surface area contributed by atoms with Crippen molar-refractivity contribution in [3.8, 4) is 0 Å². The number of nitrogens with one attached hydrogen (secondary N) is 2. The Morgan fingerprint density at radius 2 is 2.35 bits per heavy atom. The van der Waals surface area contributed by atoms with E-state index in [1.54, 1.807) is 6.20 Å². The molecule has 6 nitrogen and oxygen atoms in total. The first kappa shape index (κ1) is 11.9. The highest BCUT2D eigenvalue weighted by Crippen LogP contribution is 2.21. The number of carbonyl (C=O) groups excluding carboxylic acids is 1. The summed E-state index contributed by atoms with van der Waals surface area (Å²) in [5.74, 6) is 0. The maximum absolute atomic E-state index is 11.3. The number of amides is 2. The van der Waals surface area contributed by atoms with E-state index in [1.807, 2.05) is 17.8 Å². The third kappa shape index (κ3) is 3.20. The lowest BCUT2D eigenvalue weighted by Gasteiger charge is -2.22. The van der Waals surface area contributed by atoms with Gasteiger partial charge in [-0.3, -0.25) is 4.68 Å². The van der Waals surface area contributed by atoms with Crippen molar-refractivity contribution in [2.75, 3.05) is 25.1 Å². The van der Waals surface area contributed by atoms with E-state index < -0.39 is 0 Å². The highest BCUT2D eigenvalue weighted by atomic mass is 16.5. The number of hydrogen-bond donors (Lipinski definition) is 2. The molecule has 1 aromatic heterocycles. The summed E-state index contributed by atoms with van der Waals surface area (Å²) in [6.07, 6.45) is 5.49. The van der Waals surface area contributed by atoms with Crippen molar-refractivity contribution in [3.05, 3.63) is 12.4 Å². The molecule has 0 saturated carbocycles. The lowest BCUT2D eigenvalue weighted by atomic mass is 10.1. The van der Waals surface area contributed by atoms with E-state index in [0.717, 1.165) is 31.7 Å². The predicted molar refractivity (Wildman–Crippen MR) is 64.0 cm³/mol. The maximum Gasteiger partial charge on any atom is 0.319 e. The Hall–Kier alpha value is -1.56. The van der Waals surface area contributed by atoms with Crippen LogP contribution in [-0.2, 0) is 4.74 Å². The lowest BCUT2D eigenvalue weighted by Crippen LogP contribution is -2.28. The first-order valence-electron chi connectivity index (χ1n) is 5.96. The van der Waals surface area contributed by atoms with E-state index in [0.29, 0.717) is 12.6 Å². The van der Waals surface area contributed by atoms with Crippen molar-refractivity contribution in [3.63, 3.8) is 0 Å². The Balaban J connectivity index is 1.93. The summed E-state index contributed by atoms with van der Waals surface area (Å²) >= 11 is 0. The van der Waals surface area contributed by atoms with Crippen LogP contribution < -0.4 is 10.6 Å². The summed E-state index contributed by atoms with van der Waals surface area (Å²) < 4.78 is 7.21. The van der Waals surface area contributed by atoms with Crippen LogP contribution in [0.25, 0.3) is 0 Å². The van der Waals surface area contributed by atoms with Crippen LogP contribution in [0, 0.1) is 0 Å². The van der Waals surface area contributed by atoms with Gasteiger partial charge in [-0.15, -0.1) is 0 Å². The van der Waals surface area contributed by atoms with Gasteiger partial charge < -0.3 is 15.4 Å². The van der Waals surface area contributed by atoms with Gasteiger partial charge in [0.05, 0.1) is 17.9 Å². The molecule has 17 heavy (non-hydrogen) atoms. The highest BCUT2D eigenvalue weighted by molar-refractivity contribution is 5.88. The van der Waals surface area contributed by atoms with Gasteiger partial charge in [-0.05, 0) is 19.8 Å². The van der Waals surface area contributed by atoms with Crippen molar-refractivity contribution in [1.82, 2.24) is 15.1 Å². The van der Waals surface area contributed by atoms with Crippen LogP contribution in [0.1, 0.15) is 25.8 Å². The molecular formula is C11H18N4O2. The van der Waals surface area contributed by atoms with Gasteiger partial charge in [-0.25, -0.2) is 4.79 Å². The van der Waals surface area contributed by atoms with Crippen LogP contribution in [-0.4, -0.2) is 35.6 Å². The third-order valence-electron chi connectivity index (χ3n) is 2.76. The minimum atomic E-state index is -0.195. The Morgan fingerprint density at radius 1 is 1.59 bits per heavy atom. The summed E-state index contributed by atoms with van der Waals surface area (Å²) in [5.41, 5.74) is 0.724. The second-order valence-corrected chi connectivity index (χ2v) is 4.04. The molecule has 1 fully saturated rings. The SMILES string of the molecule is CCNC(=O)Nc1cnn(C2CCOCC2)c1. The van der Waals surface area contributed by atoms with Crippen LogP contribution >= 0.6 is 0 Å². The number of rotatable bonds is 3. The normalized spacial score (nSPS) is 16.8. The third-order valence-corrected chi connectivity index (χ3v) is 2.76. The van der Waals surface area contributed by atoms with Crippen LogP contribution in [0.15, 0.2) is 12.4 Å². The van der Waals surface area contributed by atoms with E-state index in [2.05, 4.69) is 15.7 Å². The van der Waals surface area contributed by atoms with Gasteiger partial charge in [-0.2, -0.15) is 5.10 Å². The first-order valence-corrected chi connectivity index (χ1v) is 5.96. The van der Waals surface area contributed by atoms with E-state index in [-0.39, 0.29) is 6.03 Å². The van der Waals surface area contributed by atoms with Gasteiger partial charge in [0.25, 0.3) is 0 Å². The minimum absolute atomic E-state index is 0.195. The summed E-state index contributed by atoms with van der Waals surface area (Å²) in [6.45, 7) is 4.05. The molecule has 2 N–H and O–H groups in total. The number of anilines is 1. The van der Waals surface area contributed by atoms with Gasteiger partial charge in [0.1, 0.15) is 0 Å². The number of nitrogens with zero attached hydrogens (tertiary/aromatic N) is 2. The number of carbonyl (C=O) groups is 1. The molecule has 0 aromatic carbocycles. The van der Waals surface area contributed by atoms with Gasteiger partial charge in [0, 0.05) is 26.0 Å². The zero-order valence-electron chi connectivity index (χ0n) is 9.98. The minimum Gasteiger partial charge on any atom is -0.381 e. The molecular weight excluding hydrogens is 220 g/mol. The molecule has 2 heterocycles. The molecule has 0 aliphatic carbocycles. The summed E-state index contributed by atoms with van der Waals surface area (Å²) in [5, 5.41) is 9.69. The molecule has 6 heteroatoms. The summed E-state index contributed by atoms with van der Waals surface area (Å²) in [6, 6.07) is 0.188. The van der Waals surface area contributed by atoms with E-state index in [9.17, 15) is 4.79 Å². The van der Waals surface area contributed by atoms with Gasteiger partial charge in [0.15, 0.2) is 0 Å². The molecule has 0 unspecified atom stereocenters. The molecule has 1 aromatic rings. The highest BCUT2D eigenvalue weighted by Gasteiger charge is 2.16. The molecule has 1 aliphatic rings. The zero-order chi connectivity index (χ0) is 12.1. The average molecular weight is 238 g/mol. The topological polar surface area (TPSA) is 68.2 Å². The van der Waals surface area contributed by atoms with Crippen molar-refractivity contribution >= 4 is 11.7 Å². The van der Waals surface area contributed by atoms with Gasteiger partial charge >= 0.3 is 6.03 Å². The fourth-order valence-electron chi connectivity index (χ4n) is 1.89. The second-order valence-electron chi connectivity index (χ2n) is 4.04. The Labute approximate surface area is 100 Å². The fourth-order valence-corrected chi connectivity index (χ4v) is 1.89. The number of ether oxygens (including phenoxy) is 1. The fraction of sp³-hybridized carbons (Fsp3) is 0.636. The Bertz CT molecular complexity index is 371. The first-order chi connectivity index (χ1) is 8.29. The number of urea groups is 1. The molecule has 0 atom stereocenters. The maximum atomic E-state index is 11.3. The Morgan fingerprint density at radius 3 is 3.06 bits per heavy atom. The number of aromatic nitrogens is 2.